The number of anilines is 1. The van der Waals surface area contributed by atoms with Crippen molar-refractivity contribution in [1.29, 1.82) is 0 Å². The number of carbonyl (C=O) groups is 2. The molecule has 2 aromatic heterocycles. The third kappa shape index (κ3) is 5.02. The zero-order chi connectivity index (χ0) is 25.3. The summed E-state index contributed by atoms with van der Waals surface area (Å²) in [5, 5.41) is 3.20. The van der Waals surface area contributed by atoms with Crippen molar-refractivity contribution in [2.45, 2.75) is 33.7 Å². The molecular weight excluding hydrogens is 468 g/mol. The van der Waals surface area contributed by atoms with Gasteiger partial charge in [-0.3, -0.25) is 19.0 Å². The predicted molar refractivity (Wildman–Crippen MR) is 136 cm³/mol. The minimum absolute atomic E-state index is 0.0704. The number of ether oxygens (including phenoxy) is 2. The molecule has 0 bridgehead atoms. The molecule has 1 aliphatic heterocycles. The van der Waals surface area contributed by atoms with Gasteiger partial charge in [0.25, 0.3) is 11.5 Å². The fourth-order valence-corrected chi connectivity index (χ4v) is 5.73. The number of piperidine rings is 1. The zero-order valence-electron chi connectivity index (χ0n) is 20.6. The quantitative estimate of drug-likeness (QED) is 0.558. The molecule has 9 nitrogen and oxygen atoms in total. The third-order valence-corrected chi connectivity index (χ3v) is 7.50. The van der Waals surface area contributed by atoms with Gasteiger partial charge in [-0.1, -0.05) is 13.8 Å². The van der Waals surface area contributed by atoms with E-state index in [-0.39, 0.29) is 23.9 Å². The molecule has 0 radical (unpaired) electrons. The topological polar surface area (TPSA) is 103 Å². The predicted octanol–water partition coefficient (Wildman–Crippen LogP) is 3.54. The van der Waals surface area contributed by atoms with Gasteiger partial charge in [0.2, 0.25) is 5.91 Å². The monoisotopic (exact) mass is 498 g/mol. The van der Waals surface area contributed by atoms with Crippen LogP contribution in [0.1, 0.15) is 35.5 Å². The lowest BCUT2D eigenvalue weighted by Gasteiger charge is -2.35. The van der Waals surface area contributed by atoms with E-state index in [1.807, 2.05) is 4.90 Å². The lowest BCUT2D eigenvalue weighted by molar-refractivity contribution is -0.134. The Morgan fingerprint density at radius 1 is 1.17 bits per heavy atom. The number of carbonyl (C=O) groups excluding carboxylic acids is 2. The van der Waals surface area contributed by atoms with Gasteiger partial charge in [0.15, 0.2) is 0 Å². The molecule has 3 heterocycles. The largest absolute Gasteiger partial charge is 0.497 e. The van der Waals surface area contributed by atoms with Crippen LogP contribution < -0.4 is 20.3 Å². The average molecular weight is 499 g/mol. The van der Waals surface area contributed by atoms with Crippen LogP contribution in [0.25, 0.3) is 10.2 Å². The van der Waals surface area contributed by atoms with Gasteiger partial charge in [0.05, 0.1) is 36.5 Å². The van der Waals surface area contributed by atoms with E-state index in [0.29, 0.717) is 62.8 Å². The Balaban J connectivity index is 1.60. The highest BCUT2D eigenvalue weighted by Crippen LogP contribution is 2.32. The maximum Gasteiger partial charge on any atom is 0.266 e. The van der Waals surface area contributed by atoms with Gasteiger partial charge >= 0.3 is 0 Å². The number of nitrogens with zero attached hydrogens (tertiary/aromatic N) is 3. The van der Waals surface area contributed by atoms with Gasteiger partial charge in [-0.05, 0) is 42.9 Å². The van der Waals surface area contributed by atoms with Gasteiger partial charge in [-0.2, -0.15) is 0 Å². The van der Waals surface area contributed by atoms with E-state index in [9.17, 15) is 14.4 Å². The number of amides is 2. The van der Waals surface area contributed by atoms with Crippen molar-refractivity contribution in [3.05, 3.63) is 45.3 Å². The molecule has 3 aromatic rings. The number of aryl methyl sites for hydroxylation is 1. The molecule has 0 aliphatic carbocycles. The van der Waals surface area contributed by atoms with Crippen molar-refractivity contribution in [2.75, 3.05) is 32.6 Å². The second-order valence-corrected chi connectivity index (χ2v) is 10.2. The van der Waals surface area contributed by atoms with Gasteiger partial charge in [-0.15, -0.1) is 11.3 Å². The van der Waals surface area contributed by atoms with E-state index < -0.39 is 0 Å². The van der Waals surface area contributed by atoms with E-state index in [0.717, 1.165) is 17.8 Å². The van der Waals surface area contributed by atoms with Crippen LogP contribution in [0.15, 0.2) is 29.3 Å². The minimum Gasteiger partial charge on any atom is -0.497 e. The van der Waals surface area contributed by atoms with E-state index in [1.54, 1.807) is 25.1 Å². The smallest absolute Gasteiger partial charge is 0.266 e. The van der Waals surface area contributed by atoms with Crippen molar-refractivity contribution in [1.82, 2.24) is 14.5 Å². The zero-order valence-corrected chi connectivity index (χ0v) is 21.4. The van der Waals surface area contributed by atoms with Crippen molar-refractivity contribution in [2.24, 2.45) is 11.8 Å². The summed E-state index contributed by atoms with van der Waals surface area (Å²) in [5.74, 6) is 1.45. The molecule has 1 N–H and O–H groups in total. The molecule has 2 amide bonds. The second kappa shape index (κ2) is 10.1. The number of aromatic nitrogens is 2. The fourth-order valence-electron chi connectivity index (χ4n) is 4.69. The molecule has 0 spiro atoms. The lowest BCUT2D eigenvalue weighted by Crippen LogP contribution is -2.44. The van der Waals surface area contributed by atoms with Crippen LogP contribution in [0.5, 0.6) is 11.5 Å². The van der Waals surface area contributed by atoms with Crippen molar-refractivity contribution >= 4 is 39.1 Å². The molecule has 1 aromatic carbocycles. The summed E-state index contributed by atoms with van der Waals surface area (Å²) in [6, 6.07) is 5.10. The summed E-state index contributed by atoms with van der Waals surface area (Å²) in [4.78, 5) is 46.3. The number of hydrogen-bond donors (Lipinski definition) is 1. The van der Waals surface area contributed by atoms with Crippen molar-refractivity contribution in [3.63, 3.8) is 0 Å². The van der Waals surface area contributed by atoms with E-state index >= 15 is 0 Å². The summed E-state index contributed by atoms with van der Waals surface area (Å²) >= 11 is 1.14. The highest BCUT2D eigenvalue weighted by Gasteiger charge is 2.26. The molecule has 2 unspecified atom stereocenters. The molecule has 1 saturated heterocycles. The Hall–Kier alpha value is -3.40. The molecule has 1 fully saturated rings. The number of likely N-dealkylation sites (tertiary alicyclic amines) is 1. The first-order chi connectivity index (χ1) is 16.7. The molecule has 10 heteroatoms. The van der Waals surface area contributed by atoms with Crippen LogP contribution in [-0.2, 0) is 11.3 Å². The highest BCUT2D eigenvalue weighted by molar-refractivity contribution is 7.20. The number of benzene rings is 1. The number of nitrogens with one attached hydrogen (secondary N) is 1. The van der Waals surface area contributed by atoms with Crippen LogP contribution >= 0.6 is 11.3 Å². The minimum atomic E-state index is -0.379. The first-order valence-corrected chi connectivity index (χ1v) is 12.3. The summed E-state index contributed by atoms with van der Waals surface area (Å²) in [5.41, 5.74) is 0.659. The Kier molecular flexibility index (Phi) is 7.11. The van der Waals surface area contributed by atoms with Crippen LogP contribution in [-0.4, -0.2) is 53.6 Å². The molecule has 1 aliphatic rings. The van der Waals surface area contributed by atoms with Gasteiger partial charge in [0, 0.05) is 19.2 Å². The number of hydrogen-bond acceptors (Lipinski definition) is 7. The first kappa shape index (κ1) is 24.7. The maximum absolute atomic E-state index is 13.3. The summed E-state index contributed by atoms with van der Waals surface area (Å²) in [6.07, 6.45) is 2.49. The van der Waals surface area contributed by atoms with Crippen LogP contribution in [0.4, 0.5) is 5.69 Å². The van der Waals surface area contributed by atoms with Crippen molar-refractivity contribution < 1.29 is 19.1 Å². The maximum atomic E-state index is 13.3. The third-order valence-electron chi connectivity index (χ3n) is 6.31. The fraction of sp³-hybridized carbons (Fsp3) is 0.440. The number of thiophene rings is 1. The van der Waals surface area contributed by atoms with Gasteiger partial charge in [0.1, 0.15) is 22.9 Å². The first-order valence-electron chi connectivity index (χ1n) is 11.5. The average Bonchev–Trinajstić information content (AvgIpc) is 3.17. The number of fused-ring (bicyclic) bond motifs is 1. The highest BCUT2D eigenvalue weighted by atomic mass is 32.1. The van der Waals surface area contributed by atoms with E-state index in [4.69, 9.17) is 9.47 Å². The molecule has 186 valence electrons. The van der Waals surface area contributed by atoms with Crippen LogP contribution in [0.2, 0.25) is 0 Å². The van der Waals surface area contributed by atoms with Crippen molar-refractivity contribution in [3.8, 4) is 11.5 Å². The summed E-state index contributed by atoms with van der Waals surface area (Å²) in [6.45, 7) is 7.32. The molecular formula is C25H30N4O5S. The summed E-state index contributed by atoms with van der Waals surface area (Å²) < 4.78 is 11.9. The molecule has 35 heavy (non-hydrogen) atoms. The van der Waals surface area contributed by atoms with Gasteiger partial charge in [-0.25, -0.2) is 4.98 Å². The molecule has 0 saturated carbocycles. The Morgan fingerprint density at radius 3 is 2.54 bits per heavy atom. The van der Waals surface area contributed by atoms with Crippen LogP contribution in [0.3, 0.4) is 0 Å². The normalized spacial score (nSPS) is 17.9. The SMILES string of the molecule is COc1ccc(OC)c(NC(=O)c2sc3ncn(CC(=O)N4CC(C)CC(C)C4)c(=O)c3c2C)c1. The standard InChI is InChI=1S/C25H30N4O5S/c1-14-8-15(2)11-28(10-14)20(30)12-29-13-26-24-21(25(29)32)16(3)22(35-24)23(31)27-18-9-17(33-4)6-7-19(18)34-5/h6-7,9,13-15H,8,10-12H2,1-5H3,(H,27,31). The molecule has 2 atom stereocenters. The molecule has 4 rings (SSSR count). The summed E-state index contributed by atoms with van der Waals surface area (Å²) in [7, 11) is 3.05. The van der Waals surface area contributed by atoms with E-state index in [2.05, 4.69) is 24.1 Å². The van der Waals surface area contributed by atoms with Crippen LogP contribution in [0, 0.1) is 18.8 Å². The number of rotatable bonds is 6. The lowest BCUT2D eigenvalue weighted by atomic mass is 9.92. The second-order valence-electron chi connectivity index (χ2n) is 9.18. The van der Waals surface area contributed by atoms with E-state index in [1.165, 1.54) is 25.1 Å². The van der Waals surface area contributed by atoms with Gasteiger partial charge < -0.3 is 19.7 Å². The Bertz CT molecular complexity index is 1320. The number of methoxy groups -OCH3 is 2. The Labute approximate surface area is 207 Å². The Morgan fingerprint density at radius 2 is 1.89 bits per heavy atom.